The number of halogens is 1. The lowest BCUT2D eigenvalue weighted by atomic mass is 10.2. The van der Waals surface area contributed by atoms with Crippen molar-refractivity contribution in [3.8, 4) is 11.5 Å². The highest BCUT2D eigenvalue weighted by molar-refractivity contribution is 9.10. The summed E-state index contributed by atoms with van der Waals surface area (Å²) in [5, 5.41) is 16.2. The van der Waals surface area contributed by atoms with Gasteiger partial charge in [-0.25, -0.2) is 0 Å². The van der Waals surface area contributed by atoms with E-state index in [1.807, 2.05) is 22.8 Å². The Kier molecular flexibility index (Phi) is 6.42. The highest BCUT2D eigenvalue weighted by atomic mass is 79.9. The molecule has 1 atom stereocenters. The van der Waals surface area contributed by atoms with Gasteiger partial charge in [0, 0.05) is 24.0 Å². The van der Waals surface area contributed by atoms with E-state index in [0.717, 1.165) is 4.47 Å². The number of hydrogen-bond donors (Lipinski definition) is 1. The fourth-order valence-corrected chi connectivity index (χ4v) is 2.36. The lowest BCUT2D eigenvalue weighted by Crippen LogP contribution is -2.15. The molecule has 0 bridgehead atoms. The largest absolute Gasteiger partial charge is 0.505 e. The minimum Gasteiger partial charge on any atom is -0.505 e. The molecule has 0 saturated carbocycles. The molecule has 0 saturated heterocycles. The Morgan fingerprint density at radius 2 is 2.17 bits per heavy atom. The van der Waals surface area contributed by atoms with Gasteiger partial charge in [-0.15, -0.1) is 10.2 Å². The van der Waals surface area contributed by atoms with Crippen molar-refractivity contribution in [2.75, 3.05) is 14.2 Å². The highest BCUT2D eigenvalue weighted by Gasteiger charge is 2.20. The fraction of sp³-hybridized carbons (Fsp3) is 0.333. The average molecular weight is 380 g/mol. The number of nitrogens with one attached hydrogen (secondary N) is 1. The normalized spacial score (nSPS) is 12.5. The second-order valence-electron chi connectivity index (χ2n) is 4.68. The average Bonchev–Trinajstić information content (AvgIpc) is 2.96. The molecule has 8 heteroatoms. The third-order valence-electron chi connectivity index (χ3n) is 3.13. The molecule has 0 aliphatic rings. The van der Waals surface area contributed by atoms with E-state index in [9.17, 15) is 0 Å². The van der Waals surface area contributed by atoms with E-state index in [-0.39, 0.29) is 6.04 Å². The molecule has 2 aromatic heterocycles. The molecule has 0 aliphatic heterocycles. The highest BCUT2D eigenvalue weighted by Crippen LogP contribution is 2.24. The van der Waals surface area contributed by atoms with Crippen molar-refractivity contribution in [2.45, 2.75) is 19.1 Å². The smallest absolute Gasteiger partial charge is 0.183 e. The van der Waals surface area contributed by atoms with Crippen molar-refractivity contribution in [1.29, 1.82) is 5.41 Å². The van der Waals surface area contributed by atoms with E-state index in [1.54, 1.807) is 26.7 Å². The van der Waals surface area contributed by atoms with Crippen molar-refractivity contribution >= 4 is 22.1 Å². The molecule has 0 aliphatic carbocycles. The van der Waals surface area contributed by atoms with Crippen molar-refractivity contribution in [1.82, 2.24) is 19.7 Å². The number of ether oxygens (including phenoxy) is 2. The molecule has 23 heavy (non-hydrogen) atoms. The van der Waals surface area contributed by atoms with Gasteiger partial charge in [0.2, 0.25) is 0 Å². The minimum absolute atomic E-state index is 0.248. The summed E-state index contributed by atoms with van der Waals surface area (Å²) in [7, 11) is 3.18. The minimum atomic E-state index is -0.248. The quantitative estimate of drug-likeness (QED) is 0.562. The topological polar surface area (TPSA) is 85.9 Å². The van der Waals surface area contributed by atoms with E-state index < -0.39 is 0 Å². The van der Waals surface area contributed by atoms with Crippen LogP contribution in [0.1, 0.15) is 18.3 Å². The van der Waals surface area contributed by atoms with Crippen LogP contribution in [0.15, 0.2) is 35.1 Å². The van der Waals surface area contributed by atoms with Gasteiger partial charge >= 0.3 is 0 Å². The number of methoxy groups -OCH3 is 2. The first-order chi connectivity index (χ1) is 11.2. The molecular weight excluding hydrogens is 362 g/mol. The Hall–Kier alpha value is -2.06. The molecule has 2 aromatic rings. The first kappa shape index (κ1) is 17.3. The van der Waals surface area contributed by atoms with Gasteiger partial charge in [0.25, 0.3) is 0 Å². The van der Waals surface area contributed by atoms with E-state index in [1.165, 1.54) is 6.21 Å². The van der Waals surface area contributed by atoms with Crippen LogP contribution < -0.4 is 0 Å². The summed E-state index contributed by atoms with van der Waals surface area (Å²) in [5.41, 5.74) is 0.686. The molecule has 2 heterocycles. The van der Waals surface area contributed by atoms with Gasteiger partial charge in [0.15, 0.2) is 11.6 Å². The van der Waals surface area contributed by atoms with Gasteiger partial charge in [0.05, 0.1) is 19.4 Å². The summed E-state index contributed by atoms with van der Waals surface area (Å²) in [6.07, 6.45) is 7.08. The summed E-state index contributed by atoms with van der Waals surface area (Å²) in [6, 6.07) is 3.50. The molecule has 122 valence electrons. The maximum absolute atomic E-state index is 7.75. The second-order valence-corrected chi connectivity index (χ2v) is 5.60. The van der Waals surface area contributed by atoms with Crippen LogP contribution in [-0.2, 0) is 16.1 Å². The van der Waals surface area contributed by atoms with Crippen molar-refractivity contribution in [2.24, 2.45) is 0 Å². The lowest BCUT2D eigenvalue weighted by molar-refractivity contribution is 0.173. The SMILES string of the molecule is CO/C=C/CC(C=N)n1c(COC)nnc1-c1ccc(Br)cn1. The van der Waals surface area contributed by atoms with Gasteiger partial charge in [-0.3, -0.25) is 9.55 Å². The zero-order chi connectivity index (χ0) is 16.7. The number of aromatic nitrogens is 4. The van der Waals surface area contributed by atoms with Gasteiger partial charge in [-0.2, -0.15) is 0 Å². The van der Waals surface area contributed by atoms with E-state index in [4.69, 9.17) is 14.9 Å². The van der Waals surface area contributed by atoms with Gasteiger partial charge in [0.1, 0.15) is 12.3 Å². The summed E-state index contributed by atoms with van der Waals surface area (Å²) >= 11 is 3.37. The molecule has 0 aromatic carbocycles. The van der Waals surface area contributed by atoms with E-state index >= 15 is 0 Å². The molecule has 0 radical (unpaired) electrons. The van der Waals surface area contributed by atoms with E-state index in [2.05, 4.69) is 31.1 Å². The number of pyridine rings is 1. The van der Waals surface area contributed by atoms with Crippen LogP contribution in [0.3, 0.4) is 0 Å². The molecule has 1 N–H and O–H groups in total. The Bertz CT molecular complexity index is 669. The zero-order valence-corrected chi connectivity index (χ0v) is 14.5. The molecular formula is C15H18BrN5O2. The molecule has 1 unspecified atom stereocenters. The maximum atomic E-state index is 7.75. The third-order valence-corrected chi connectivity index (χ3v) is 3.60. The predicted molar refractivity (Wildman–Crippen MR) is 90.3 cm³/mol. The molecule has 2 rings (SSSR count). The first-order valence-electron chi connectivity index (χ1n) is 6.94. The third kappa shape index (κ3) is 4.23. The van der Waals surface area contributed by atoms with Gasteiger partial charge in [-0.1, -0.05) is 0 Å². The number of nitrogens with zero attached hydrogens (tertiary/aromatic N) is 4. The van der Waals surface area contributed by atoms with Crippen molar-refractivity contribution < 1.29 is 9.47 Å². The summed E-state index contributed by atoms with van der Waals surface area (Å²) in [5.74, 6) is 1.25. The Morgan fingerprint density at radius 1 is 1.35 bits per heavy atom. The fourth-order valence-electron chi connectivity index (χ4n) is 2.12. The maximum Gasteiger partial charge on any atom is 0.183 e. The molecule has 0 amide bonds. The number of hydrogen-bond acceptors (Lipinski definition) is 6. The van der Waals surface area contributed by atoms with Gasteiger partial charge < -0.3 is 14.9 Å². The van der Waals surface area contributed by atoms with E-state index in [0.29, 0.717) is 30.4 Å². The summed E-state index contributed by atoms with van der Waals surface area (Å²) in [4.78, 5) is 4.37. The lowest BCUT2D eigenvalue weighted by Gasteiger charge is -2.16. The predicted octanol–water partition coefficient (Wildman–Crippen LogP) is 2.99. The standard InChI is InChI=1S/C15H18BrN5O2/c1-22-7-3-4-12(8-17)21-14(10-23-2)19-20-15(21)13-6-5-11(16)9-18-13/h3,5-9,12,17H,4,10H2,1-2H3/b7-3+,17-8?. The Labute approximate surface area is 143 Å². The van der Waals surface area contributed by atoms with Crippen LogP contribution in [0.2, 0.25) is 0 Å². The van der Waals surface area contributed by atoms with Crippen LogP contribution in [0.4, 0.5) is 0 Å². The Morgan fingerprint density at radius 3 is 2.78 bits per heavy atom. The first-order valence-corrected chi connectivity index (χ1v) is 7.73. The van der Waals surface area contributed by atoms with Crippen LogP contribution in [0, 0.1) is 5.41 Å². The molecule has 0 fully saturated rings. The van der Waals surface area contributed by atoms with Crippen LogP contribution in [0.25, 0.3) is 11.5 Å². The van der Waals surface area contributed by atoms with Crippen LogP contribution in [0.5, 0.6) is 0 Å². The van der Waals surface area contributed by atoms with Crippen LogP contribution in [-0.4, -0.2) is 40.2 Å². The van der Waals surface area contributed by atoms with Crippen LogP contribution >= 0.6 is 15.9 Å². The Balaban J connectivity index is 2.44. The molecule has 7 nitrogen and oxygen atoms in total. The van der Waals surface area contributed by atoms with Gasteiger partial charge in [-0.05, 0) is 40.6 Å². The number of allylic oxidation sites excluding steroid dienone is 1. The molecule has 0 spiro atoms. The summed E-state index contributed by atoms with van der Waals surface area (Å²) < 4.78 is 12.9. The monoisotopic (exact) mass is 379 g/mol. The zero-order valence-electron chi connectivity index (χ0n) is 12.9. The second kappa shape index (κ2) is 8.54. The van der Waals surface area contributed by atoms with Crippen molar-refractivity contribution in [3.63, 3.8) is 0 Å². The summed E-state index contributed by atoms with van der Waals surface area (Å²) in [6.45, 7) is 0.307. The number of rotatable bonds is 8. The van der Waals surface area contributed by atoms with Crippen molar-refractivity contribution in [3.05, 3.63) is 41.0 Å².